The number of fused-ring (bicyclic) bond motifs is 4. The Balaban J connectivity index is 1.67. The minimum absolute atomic E-state index is 0.0700. The van der Waals surface area contributed by atoms with E-state index in [4.69, 9.17) is 20.8 Å². The molecule has 2 aromatic carbocycles. The molecule has 4 aromatic rings. The van der Waals surface area contributed by atoms with Gasteiger partial charge in [0.05, 0.1) is 19.1 Å². The molecule has 3 heterocycles. The molecule has 0 saturated carbocycles. The van der Waals surface area contributed by atoms with Crippen molar-refractivity contribution in [3.8, 4) is 11.4 Å². The molecule has 0 radical (unpaired) electrons. The normalized spacial score (nSPS) is 16.2. The van der Waals surface area contributed by atoms with Gasteiger partial charge in [-0.15, -0.1) is 0 Å². The van der Waals surface area contributed by atoms with Crippen molar-refractivity contribution in [1.29, 1.82) is 0 Å². The molecule has 5 heteroatoms. The summed E-state index contributed by atoms with van der Waals surface area (Å²) in [5.74, 6) is 1.72. The van der Waals surface area contributed by atoms with Crippen LogP contribution in [0.25, 0.3) is 16.5 Å². The van der Waals surface area contributed by atoms with E-state index in [0.29, 0.717) is 6.54 Å². The molecule has 1 atom stereocenters. The highest BCUT2D eigenvalue weighted by Crippen LogP contribution is 2.37. The Morgan fingerprint density at radius 1 is 1.19 bits per heavy atom. The van der Waals surface area contributed by atoms with E-state index in [0.717, 1.165) is 44.2 Å². The predicted molar refractivity (Wildman–Crippen MR) is 102 cm³/mol. The maximum atomic E-state index is 6.46. The summed E-state index contributed by atoms with van der Waals surface area (Å²) in [5, 5.41) is 6.49. The summed E-state index contributed by atoms with van der Waals surface area (Å²) in [5.41, 5.74) is 3.31. The zero-order valence-electron chi connectivity index (χ0n) is 14.2. The lowest BCUT2D eigenvalue weighted by atomic mass is 10.1. The number of aromatic nitrogens is 1. The maximum Gasteiger partial charge on any atom is 0.134 e. The first-order chi connectivity index (χ1) is 12.8. The molecule has 5 rings (SSSR count). The van der Waals surface area contributed by atoms with E-state index in [1.54, 1.807) is 13.4 Å². The highest BCUT2D eigenvalue weighted by atomic mass is 35.5. The summed E-state index contributed by atoms with van der Waals surface area (Å²) >= 11 is 6.46. The van der Waals surface area contributed by atoms with Crippen LogP contribution in [-0.2, 0) is 6.54 Å². The SMILES string of the molecule is COc1ccc2c(C3NCc4c(Cl)cccc4-n4cccc43)occ2c1. The van der Waals surface area contributed by atoms with Gasteiger partial charge in [-0.25, -0.2) is 0 Å². The predicted octanol–water partition coefficient (Wildman–Crippen LogP) is 5.08. The largest absolute Gasteiger partial charge is 0.497 e. The zero-order valence-corrected chi connectivity index (χ0v) is 15.0. The standard InChI is InChI=1S/C21H17ClN2O2/c1-25-14-7-8-15-13(10-14)12-26-21(15)20-19-6-3-9-24(19)18-5-2-4-17(22)16(18)11-23-20/h2-10,12,20,23H,11H2,1H3. The van der Waals surface area contributed by atoms with Crippen LogP contribution in [0.5, 0.6) is 5.75 Å². The van der Waals surface area contributed by atoms with E-state index in [1.807, 2.05) is 36.4 Å². The Kier molecular flexibility index (Phi) is 3.55. The lowest BCUT2D eigenvalue weighted by Crippen LogP contribution is -2.21. The van der Waals surface area contributed by atoms with Gasteiger partial charge in [0, 0.05) is 39.8 Å². The Labute approximate surface area is 155 Å². The number of nitrogens with one attached hydrogen (secondary N) is 1. The topological polar surface area (TPSA) is 39.3 Å². The van der Waals surface area contributed by atoms with Gasteiger partial charge in [0.1, 0.15) is 17.6 Å². The van der Waals surface area contributed by atoms with Gasteiger partial charge in [0.25, 0.3) is 0 Å². The molecule has 1 aliphatic heterocycles. The minimum atomic E-state index is -0.0700. The quantitative estimate of drug-likeness (QED) is 0.539. The van der Waals surface area contributed by atoms with Crippen LogP contribution < -0.4 is 10.1 Å². The first-order valence-corrected chi connectivity index (χ1v) is 8.87. The van der Waals surface area contributed by atoms with Crippen molar-refractivity contribution in [2.45, 2.75) is 12.6 Å². The molecule has 0 saturated heterocycles. The lowest BCUT2D eigenvalue weighted by molar-refractivity contribution is 0.415. The van der Waals surface area contributed by atoms with E-state index < -0.39 is 0 Å². The molecule has 130 valence electrons. The van der Waals surface area contributed by atoms with E-state index in [1.165, 1.54) is 0 Å². The monoisotopic (exact) mass is 364 g/mol. The van der Waals surface area contributed by atoms with Crippen LogP contribution in [0.3, 0.4) is 0 Å². The number of furan rings is 1. The number of halogens is 1. The van der Waals surface area contributed by atoms with Crippen molar-refractivity contribution < 1.29 is 9.15 Å². The molecular weight excluding hydrogens is 348 g/mol. The third-order valence-corrected chi connectivity index (χ3v) is 5.37. The van der Waals surface area contributed by atoms with E-state index >= 15 is 0 Å². The number of benzene rings is 2. The molecule has 0 spiro atoms. The van der Waals surface area contributed by atoms with Gasteiger partial charge in [-0.05, 0) is 42.5 Å². The summed E-state index contributed by atoms with van der Waals surface area (Å²) < 4.78 is 13.5. The molecule has 0 fully saturated rings. The fourth-order valence-electron chi connectivity index (χ4n) is 3.74. The van der Waals surface area contributed by atoms with Gasteiger partial charge < -0.3 is 13.7 Å². The van der Waals surface area contributed by atoms with Gasteiger partial charge in [-0.2, -0.15) is 0 Å². The second kappa shape index (κ2) is 5.94. The van der Waals surface area contributed by atoms with Crippen molar-refractivity contribution >= 4 is 22.4 Å². The van der Waals surface area contributed by atoms with Crippen LogP contribution in [0, 0.1) is 0 Å². The fourth-order valence-corrected chi connectivity index (χ4v) is 3.97. The van der Waals surface area contributed by atoms with Crippen molar-refractivity contribution in [3.05, 3.63) is 83.0 Å². The maximum absolute atomic E-state index is 6.46. The van der Waals surface area contributed by atoms with Gasteiger partial charge in [-0.1, -0.05) is 17.7 Å². The molecule has 2 aromatic heterocycles. The van der Waals surface area contributed by atoms with Crippen LogP contribution in [0.4, 0.5) is 0 Å². The minimum Gasteiger partial charge on any atom is -0.497 e. The van der Waals surface area contributed by atoms with E-state index in [2.05, 4.69) is 28.2 Å². The molecule has 4 nitrogen and oxygen atoms in total. The average molecular weight is 365 g/mol. The molecule has 26 heavy (non-hydrogen) atoms. The summed E-state index contributed by atoms with van der Waals surface area (Å²) in [6, 6.07) is 16.1. The van der Waals surface area contributed by atoms with Crippen LogP contribution in [-0.4, -0.2) is 11.7 Å². The lowest BCUT2D eigenvalue weighted by Gasteiger charge is -2.16. The van der Waals surface area contributed by atoms with Crippen LogP contribution in [0.2, 0.25) is 5.02 Å². The second-order valence-electron chi connectivity index (χ2n) is 6.41. The van der Waals surface area contributed by atoms with Gasteiger partial charge in [-0.3, -0.25) is 5.32 Å². The number of methoxy groups -OCH3 is 1. The van der Waals surface area contributed by atoms with Crippen molar-refractivity contribution in [3.63, 3.8) is 0 Å². The third-order valence-electron chi connectivity index (χ3n) is 5.01. The average Bonchev–Trinajstić information content (AvgIpc) is 3.27. The van der Waals surface area contributed by atoms with E-state index in [-0.39, 0.29) is 6.04 Å². The molecule has 1 aliphatic rings. The molecular formula is C21H17ClN2O2. The van der Waals surface area contributed by atoms with Gasteiger partial charge in [0.15, 0.2) is 0 Å². The molecule has 1 unspecified atom stereocenters. The molecule has 0 aliphatic carbocycles. The second-order valence-corrected chi connectivity index (χ2v) is 6.81. The summed E-state index contributed by atoms with van der Waals surface area (Å²) in [6.45, 7) is 0.666. The highest BCUT2D eigenvalue weighted by Gasteiger charge is 2.27. The van der Waals surface area contributed by atoms with Crippen LogP contribution >= 0.6 is 11.6 Å². The first-order valence-electron chi connectivity index (χ1n) is 8.50. The van der Waals surface area contributed by atoms with Gasteiger partial charge in [0.2, 0.25) is 0 Å². The third kappa shape index (κ3) is 2.26. The fraction of sp³-hybridized carbons (Fsp3) is 0.143. The smallest absolute Gasteiger partial charge is 0.134 e. The number of hydrogen-bond acceptors (Lipinski definition) is 3. The van der Waals surface area contributed by atoms with Crippen molar-refractivity contribution in [1.82, 2.24) is 9.88 Å². The van der Waals surface area contributed by atoms with Crippen molar-refractivity contribution in [2.24, 2.45) is 0 Å². The summed E-state index contributed by atoms with van der Waals surface area (Å²) in [6.07, 6.45) is 3.85. The highest BCUT2D eigenvalue weighted by molar-refractivity contribution is 6.31. The van der Waals surface area contributed by atoms with Crippen LogP contribution in [0.1, 0.15) is 23.1 Å². The van der Waals surface area contributed by atoms with Gasteiger partial charge >= 0.3 is 0 Å². The molecule has 0 amide bonds. The molecule has 1 N–H and O–H groups in total. The summed E-state index contributed by atoms with van der Waals surface area (Å²) in [4.78, 5) is 0. The molecule has 0 bridgehead atoms. The number of rotatable bonds is 2. The number of ether oxygens (including phenoxy) is 1. The Morgan fingerprint density at radius 3 is 3.00 bits per heavy atom. The first kappa shape index (κ1) is 15.6. The number of nitrogens with zero attached hydrogens (tertiary/aromatic N) is 1. The summed E-state index contributed by atoms with van der Waals surface area (Å²) in [7, 11) is 1.67. The Morgan fingerprint density at radius 2 is 2.12 bits per heavy atom. The van der Waals surface area contributed by atoms with E-state index in [9.17, 15) is 0 Å². The number of hydrogen-bond donors (Lipinski definition) is 1. The Bertz CT molecular complexity index is 1110. The van der Waals surface area contributed by atoms with Crippen molar-refractivity contribution in [2.75, 3.05) is 7.11 Å². The Hall–Kier alpha value is -2.69. The zero-order chi connectivity index (χ0) is 17.7. The van der Waals surface area contributed by atoms with Crippen LogP contribution in [0.15, 0.2) is 65.4 Å².